The van der Waals surface area contributed by atoms with E-state index in [4.69, 9.17) is 22.1 Å². The standard InChI is InChI=1S/C34H36ClN5O2/c35-26-4-2-23(3-5-26)30-20-34(10-1-11-34)12-8-25(30)22-39-14-16-40(17-15-39)27-6-7-29(32(36)41)31(19-27)42-28-18-24-9-13-37-33(24)38-21-28/h2-7,9,13,18-19,21H,1,8,10-12,14-17,20,22H2,(H2,36,41)(H,37,38). The number of hydrogen-bond donors (Lipinski definition) is 2. The summed E-state index contributed by atoms with van der Waals surface area (Å²) in [6.45, 7) is 4.78. The first-order chi connectivity index (χ1) is 20.4. The van der Waals surface area contributed by atoms with Gasteiger partial charge in [-0.1, -0.05) is 35.7 Å². The van der Waals surface area contributed by atoms with Gasteiger partial charge in [0, 0.05) is 61.1 Å². The van der Waals surface area contributed by atoms with Gasteiger partial charge in [-0.2, -0.15) is 0 Å². The third-order valence-electron chi connectivity index (χ3n) is 9.53. The van der Waals surface area contributed by atoms with Gasteiger partial charge in [-0.15, -0.1) is 0 Å². The lowest BCUT2D eigenvalue weighted by Crippen LogP contribution is -2.47. The Bertz CT molecular complexity index is 1650. The summed E-state index contributed by atoms with van der Waals surface area (Å²) in [5, 5.41) is 1.73. The highest BCUT2D eigenvalue weighted by molar-refractivity contribution is 6.30. The molecule has 0 bridgehead atoms. The third-order valence-corrected chi connectivity index (χ3v) is 9.78. The number of anilines is 1. The van der Waals surface area contributed by atoms with E-state index < -0.39 is 5.91 Å². The van der Waals surface area contributed by atoms with Crippen molar-refractivity contribution in [3.63, 3.8) is 0 Å². The van der Waals surface area contributed by atoms with Crippen LogP contribution >= 0.6 is 11.6 Å². The molecule has 2 fully saturated rings. The second-order valence-corrected chi connectivity index (χ2v) is 12.6. The minimum absolute atomic E-state index is 0.356. The monoisotopic (exact) mass is 581 g/mol. The maximum absolute atomic E-state index is 12.2. The zero-order valence-corrected chi connectivity index (χ0v) is 24.5. The summed E-state index contributed by atoms with van der Waals surface area (Å²) in [5.41, 5.74) is 12.9. The van der Waals surface area contributed by atoms with Crippen molar-refractivity contribution >= 4 is 39.8 Å². The van der Waals surface area contributed by atoms with Gasteiger partial charge in [0.1, 0.15) is 17.1 Å². The summed E-state index contributed by atoms with van der Waals surface area (Å²) in [4.78, 5) is 24.6. The molecule has 2 aromatic carbocycles. The second kappa shape index (κ2) is 11.1. The fourth-order valence-electron chi connectivity index (χ4n) is 6.92. The van der Waals surface area contributed by atoms with Gasteiger partial charge in [-0.3, -0.25) is 9.69 Å². The quantitative estimate of drug-likeness (QED) is 0.244. The van der Waals surface area contributed by atoms with Gasteiger partial charge in [0.15, 0.2) is 0 Å². The molecule has 1 saturated heterocycles. The second-order valence-electron chi connectivity index (χ2n) is 12.1. The first-order valence-electron chi connectivity index (χ1n) is 14.9. The minimum Gasteiger partial charge on any atom is -0.455 e. The van der Waals surface area contributed by atoms with Crippen molar-refractivity contribution < 1.29 is 9.53 Å². The lowest BCUT2D eigenvalue weighted by Gasteiger charge is -2.47. The highest BCUT2D eigenvalue weighted by atomic mass is 35.5. The number of primary amides is 1. The molecule has 8 heteroatoms. The molecule has 2 aromatic heterocycles. The molecule has 0 unspecified atom stereocenters. The number of aromatic amines is 1. The van der Waals surface area contributed by atoms with E-state index in [-0.39, 0.29) is 0 Å². The molecule has 1 amide bonds. The van der Waals surface area contributed by atoms with Crippen LogP contribution in [-0.2, 0) is 0 Å². The predicted molar refractivity (Wildman–Crippen MR) is 168 cm³/mol. The predicted octanol–water partition coefficient (Wildman–Crippen LogP) is 7.04. The van der Waals surface area contributed by atoms with Crippen molar-refractivity contribution in [1.29, 1.82) is 0 Å². The Morgan fingerprint density at radius 3 is 2.57 bits per heavy atom. The SMILES string of the molecule is NC(=O)c1ccc(N2CCN(CC3=C(c4ccc(Cl)cc4)CC4(CCC4)CC3)CC2)cc1Oc1cnc2[nH]ccc2c1. The molecule has 3 aliphatic rings. The number of carbonyl (C=O) groups excluding carboxylic acids is 1. The number of carbonyl (C=O) groups is 1. The topological polar surface area (TPSA) is 87.5 Å². The number of nitrogens with two attached hydrogens (primary N) is 1. The van der Waals surface area contributed by atoms with Crippen molar-refractivity contribution in [2.75, 3.05) is 37.6 Å². The molecule has 1 spiro atoms. The first kappa shape index (κ1) is 27.0. The van der Waals surface area contributed by atoms with Crippen LogP contribution in [0, 0.1) is 5.41 Å². The molecular weight excluding hydrogens is 546 g/mol. The van der Waals surface area contributed by atoms with Crippen LogP contribution in [0.4, 0.5) is 5.69 Å². The van der Waals surface area contributed by atoms with E-state index in [9.17, 15) is 4.79 Å². The van der Waals surface area contributed by atoms with Crippen LogP contribution in [0.1, 0.15) is 54.4 Å². The Kier molecular flexibility index (Phi) is 7.16. The summed E-state index contributed by atoms with van der Waals surface area (Å²) < 4.78 is 6.16. The van der Waals surface area contributed by atoms with E-state index in [1.165, 1.54) is 44.1 Å². The molecule has 0 radical (unpaired) electrons. The smallest absolute Gasteiger partial charge is 0.252 e. The number of H-pyrrole nitrogens is 1. The zero-order valence-electron chi connectivity index (χ0n) is 23.7. The van der Waals surface area contributed by atoms with Gasteiger partial charge < -0.3 is 20.4 Å². The van der Waals surface area contributed by atoms with Gasteiger partial charge >= 0.3 is 0 Å². The van der Waals surface area contributed by atoms with Crippen LogP contribution in [-0.4, -0.2) is 53.5 Å². The fraction of sp³-hybridized carbons (Fsp3) is 0.353. The van der Waals surface area contributed by atoms with Crippen molar-refractivity contribution in [3.05, 3.63) is 88.7 Å². The molecule has 2 aliphatic carbocycles. The van der Waals surface area contributed by atoms with E-state index in [2.05, 4.69) is 31.9 Å². The number of benzene rings is 2. The van der Waals surface area contributed by atoms with Gasteiger partial charge in [0.25, 0.3) is 5.91 Å². The van der Waals surface area contributed by atoms with Gasteiger partial charge in [0.2, 0.25) is 0 Å². The molecule has 42 heavy (non-hydrogen) atoms. The zero-order chi connectivity index (χ0) is 28.7. The van der Waals surface area contributed by atoms with Crippen LogP contribution in [0.3, 0.4) is 0 Å². The summed E-state index contributed by atoms with van der Waals surface area (Å²) in [6.07, 6.45) is 11.3. The number of allylic oxidation sites excluding steroid dienone is 1. The number of nitrogens with one attached hydrogen (secondary N) is 1. The molecule has 216 valence electrons. The highest BCUT2D eigenvalue weighted by Gasteiger charge is 2.40. The van der Waals surface area contributed by atoms with Gasteiger partial charge in [-0.05, 0) is 85.1 Å². The largest absolute Gasteiger partial charge is 0.455 e. The molecule has 3 N–H and O–H groups in total. The van der Waals surface area contributed by atoms with E-state index in [1.54, 1.807) is 23.4 Å². The number of pyridine rings is 1. The Morgan fingerprint density at radius 2 is 1.83 bits per heavy atom. The Balaban J connectivity index is 1.06. The van der Waals surface area contributed by atoms with Crippen LogP contribution in [0.5, 0.6) is 11.5 Å². The number of fused-ring (bicyclic) bond motifs is 1. The number of hydrogen-bond acceptors (Lipinski definition) is 5. The van der Waals surface area contributed by atoms with Crippen LogP contribution in [0.25, 0.3) is 16.6 Å². The van der Waals surface area contributed by atoms with Gasteiger partial charge in [-0.25, -0.2) is 4.98 Å². The van der Waals surface area contributed by atoms with E-state index in [1.807, 2.05) is 42.6 Å². The van der Waals surface area contributed by atoms with Gasteiger partial charge in [0.05, 0.1) is 11.8 Å². The summed E-state index contributed by atoms with van der Waals surface area (Å²) in [5.74, 6) is 0.495. The molecule has 7 nitrogen and oxygen atoms in total. The average Bonchev–Trinajstić information content (AvgIpc) is 3.45. The summed E-state index contributed by atoms with van der Waals surface area (Å²) >= 11 is 6.23. The van der Waals surface area contributed by atoms with Crippen LogP contribution in [0.15, 0.2) is 72.6 Å². The summed E-state index contributed by atoms with van der Waals surface area (Å²) in [6, 6.07) is 18.0. The third kappa shape index (κ3) is 5.39. The van der Waals surface area contributed by atoms with Crippen LogP contribution in [0.2, 0.25) is 5.02 Å². The molecule has 4 aromatic rings. The molecule has 7 rings (SSSR count). The summed E-state index contributed by atoms with van der Waals surface area (Å²) in [7, 11) is 0. The van der Waals surface area contributed by atoms with Crippen molar-refractivity contribution in [2.24, 2.45) is 11.1 Å². The van der Waals surface area contributed by atoms with Crippen molar-refractivity contribution in [1.82, 2.24) is 14.9 Å². The van der Waals surface area contributed by atoms with Crippen LogP contribution < -0.4 is 15.4 Å². The maximum Gasteiger partial charge on any atom is 0.252 e. The van der Waals surface area contributed by atoms with E-state index in [0.717, 1.165) is 54.5 Å². The molecule has 0 atom stereocenters. The number of ether oxygens (including phenoxy) is 1. The first-order valence-corrected chi connectivity index (χ1v) is 15.3. The van der Waals surface area contributed by atoms with E-state index in [0.29, 0.717) is 22.5 Å². The van der Waals surface area contributed by atoms with Crippen molar-refractivity contribution in [3.8, 4) is 11.5 Å². The Labute approximate surface area is 251 Å². The molecule has 3 heterocycles. The fourth-order valence-corrected chi connectivity index (χ4v) is 7.05. The normalized spacial score (nSPS) is 18.8. The molecule has 1 aliphatic heterocycles. The molecule has 1 saturated carbocycles. The Morgan fingerprint density at radius 1 is 1.02 bits per heavy atom. The van der Waals surface area contributed by atoms with E-state index >= 15 is 0 Å². The lowest BCUT2D eigenvalue weighted by atomic mass is 9.59. The number of nitrogens with zero attached hydrogens (tertiary/aromatic N) is 3. The number of amides is 1. The number of aromatic nitrogens is 2. The number of halogens is 1. The number of rotatable bonds is 7. The Hall–Kier alpha value is -3.81. The van der Waals surface area contributed by atoms with Crippen molar-refractivity contribution in [2.45, 2.75) is 38.5 Å². The maximum atomic E-state index is 12.2. The lowest BCUT2D eigenvalue weighted by molar-refractivity contribution is 0.0998. The minimum atomic E-state index is -0.516. The molecular formula is C34H36ClN5O2. The average molecular weight is 582 g/mol. The number of piperazine rings is 1. The highest BCUT2D eigenvalue weighted by Crippen LogP contribution is 2.55.